The van der Waals surface area contributed by atoms with Gasteiger partial charge < -0.3 is 26.0 Å². The topological polar surface area (TPSA) is 159 Å². The van der Waals surface area contributed by atoms with Crippen LogP contribution in [0.4, 0.5) is 11.4 Å². The Hall–Kier alpha value is -3.32. The molecule has 2 heterocycles. The number of nitrogens with two attached hydrogens (primary N) is 1. The number of sulfonamides is 1. The minimum Gasteiger partial charge on any atom is -0.479 e. The Balaban J connectivity index is 1.37. The van der Waals surface area contributed by atoms with Crippen molar-refractivity contribution in [2.45, 2.75) is 18.6 Å². The minimum absolute atomic E-state index is 0.0432. The van der Waals surface area contributed by atoms with Crippen molar-refractivity contribution in [2.75, 3.05) is 37.3 Å². The molecule has 1 aliphatic heterocycles. The monoisotopic (exact) mass is 593 g/mol. The fourth-order valence-electron chi connectivity index (χ4n) is 4.36. The number of aliphatic carboxylic acids is 1. The van der Waals surface area contributed by atoms with Gasteiger partial charge in [0.15, 0.2) is 17.2 Å². The maximum absolute atomic E-state index is 12.9. The van der Waals surface area contributed by atoms with Gasteiger partial charge in [0.2, 0.25) is 10.0 Å². The summed E-state index contributed by atoms with van der Waals surface area (Å²) in [5, 5.41) is 21.8. The number of aromatic carboxylic acids is 1. The largest absolute Gasteiger partial charge is 0.479 e. The predicted octanol–water partition coefficient (Wildman–Crippen LogP) is 4.47. The number of nitrogen functional groups attached to an aromatic ring is 1. The third-order valence-corrected chi connectivity index (χ3v) is 9.93. The van der Waals surface area contributed by atoms with E-state index in [4.69, 9.17) is 27.2 Å². The molecule has 10 nitrogen and oxygen atoms in total. The van der Waals surface area contributed by atoms with Crippen LogP contribution >= 0.6 is 22.9 Å². The number of para-hydroxylation sites is 1. The summed E-state index contributed by atoms with van der Waals surface area (Å²) in [6.45, 7) is 0.791. The van der Waals surface area contributed by atoms with Crippen molar-refractivity contribution in [1.82, 2.24) is 4.31 Å². The molecule has 1 fully saturated rings. The Labute approximate surface area is 235 Å². The second-order valence-corrected chi connectivity index (χ2v) is 12.5. The molecule has 0 radical (unpaired) electrons. The maximum atomic E-state index is 12.9. The van der Waals surface area contributed by atoms with Crippen molar-refractivity contribution in [1.29, 1.82) is 0 Å². The van der Waals surface area contributed by atoms with Gasteiger partial charge in [0.25, 0.3) is 0 Å². The number of thiophene rings is 1. The smallest absolute Gasteiger partial charge is 0.349 e. The van der Waals surface area contributed by atoms with Crippen LogP contribution in [0.1, 0.15) is 28.1 Å². The standard InChI is InChI=1S/C26H28ClN3O7S2/c27-22-23(37-14-21(31)32)25(26(33)34)38-24(22)17-5-3-6-19(12-17)29-13-16-8-10-30(11-9-16)39(35,36)15-18-4-1-2-7-20(18)28/h1-7,12,16,29H,8-11,13-15,28H2,(H,31,32)(H,33,34). The Bertz CT molecular complexity index is 1470. The molecule has 5 N–H and O–H groups in total. The van der Waals surface area contributed by atoms with Crippen molar-refractivity contribution in [3.8, 4) is 16.2 Å². The number of ether oxygens (including phenoxy) is 1. The van der Waals surface area contributed by atoms with Gasteiger partial charge in [-0.05, 0) is 48.1 Å². The highest BCUT2D eigenvalue weighted by Crippen LogP contribution is 2.46. The van der Waals surface area contributed by atoms with Gasteiger partial charge in [-0.25, -0.2) is 22.3 Å². The Kier molecular flexibility index (Phi) is 9.01. The number of benzene rings is 2. The molecule has 0 unspecified atom stereocenters. The van der Waals surface area contributed by atoms with E-state index in [0.717, 1.165) is 17.0 Å². The number of piperidine rings is 1. The average Bonchev–Trinajstić information content (AvgIpc) is 3.24. The highest BCUT2D eigenvalue weighted by Gasteiger charge is 2.29. The summed E-state index contributed by atoms with van der Waals surface area (Å²) >= 11 is 7.31. The van der Waals surface area contributed by atoms with Crippen LogP contribution in [-0.2, 0) is 20.6 Å². The zero-order chi connectivity index (χ0) is 28.2. The van der Waals surface area contributed by atoms with Gasteiger partial charge in [-0.1, -0.05) is 41.9 Å². The lowest BCUT2D eigenvalue weighted by atomic mass is 9.98. The molecule has 0 amide bonds. The lowest BCUT2D eigenvalue weighted by Gasteiger charge is -2.31. The van der Waals surface area contributed by atoms with Crippen molar-refractivity contribution < 1.29 is 33.0 Å². The molecule has 39 heavy (non-hydrogen) atoms. The summed E-state index contributed by atoms with van der Waals surface area (Å²) in [7, 11) is -3.47. The molecule has 0 spiro atoms. The number of carbonyl (C=O) groups is 2. The maximum Gasteiger partial charge on any atom is 0.349 e. The van der Waals surface area contributed by atoms with Crippen molar-refractivity contribution in [3.63, 3.8) is 0 Å². The molecular weight excluding hydrogens is 566 g/mol. The molecular formula is C26H28ClN3O7S2. The number of carboxylic acids is 2. The Morgan fingerprint density at radius 3 is 2.51 bits per heavy atom. The number of nitrogens with zero attached hydrogens (tertiary/aromatic N) is 1. The first-order valence-corrected chi connectivity index (χ1v) is 14.9. The van der Waals surface area contributed by atoms with Crippen molar-refractivity contribution >= 4 is 56.3 Å². The average molecular weight is 594 g/mol. The molecule has 0 bridgehead atoms. The second kappa shape index (κ2) is 12.2. The first-order valence-electron chi connectivity index (χ1n) is 12.1. The first kappa shape index (κ1) is 28.7. The zero-order valence-electron chi connectivity index (χ0n) is 20.8. The molecule has 0 atom stereocenters. The lowest BCUT2D eigenvalue weighted by molar-refractivity contribution is -0.139. The number of halogens is 1. The number of hydrogen-bond donors (Lipinski definition) is 4. The molecule has 1 saturated heterocycles. The highest BCUT2D eigenvalue weighted by atomic mass is 35.5. The van der Waals surface area contributed by atoms with Gasteiger partial charge in [0, 0.05) is 31.0 Å². The summed E-state index contributed by atoms with van der Waals surface area (Å²) in [4.78, 5) is 22.8. The highest BCUT2D eigenvalue weighted by molar-refractivity contribution is 7.88. The van der Waals surface area contributed by atoms with E-state index in [9.17, 15) is 23.1 Å². The van der Waals surface area contributed by atoms with E-state index in [-0.39, 0.29) is 27.3 Å². The van der Waals surface area contributed by atoms with Crippen LogP contribution in [0.5, 0.6) is 5.75 Å². The molecule has 13 heteroatoms. The van der Waals surface area contributed by atoms with Crippen molar-refractivity contribution in [2.24, 2.45) is 5.92 Å². The SMILES string of the molecule is Nc1ccccc1CS(=O)(=O)N1CCC(CNc2cccc(-c3sc(C(=O)O)c(OCC(=O)O)c3Cl)c2)CC1. The van der Waals surface area contributed by atoms with Crippen LogP contribution < -0.4 is 15.8 Å². The van der Waals surface area contributed by atoms with E-state index in [1.165, 1.54) is 4.31 Å². The van der Waals surface area contributed by atoms with Gasteiger partial charge in [-0.3, -0.25) is 0 Å². The van der Waals surface area contributed by atoms with Crippen LogP contribution in [-0.4, -0.2) is 61.1 Å². The fourth-order valence-corrected chi connectivity index (χ4v) is 7.37. The third-order valence-electron chi connectivity index (χ3n) is 6.42. The summed E-state index contributed by atoms with van der Waals surface area (Å²) in [6.07, 6.45) is 1.42. The van der Waals surface area contributed by atoms with Gasteiger partial charge in [-0.15, -0.1) is 11.3 Å². The van der Waals surface area contributed by atoms with Gasteiger partial charge in [-0.2, -0.15) is 0 Å². The van der Waals surface area contributed by atoms with Gasteiger partial charge in [0.1, 0.15) is 5.02 Å². The normalized spacial score (nSPS) is 14.7. The number of nitrogens with one attached hydrogen (secondary N) is 1. The number of anilines is 2. The molecule has 1 aliphatic rings. The molecule has 2 aromatic carbocycles. The number of rotatable bonds is 11. The second-order valence-electron chi connectivity index (χ2n) is 9.15. The predicted molar refractivity (Wildman–Crippen MR) is 151 cm³/mol. The van der Waals surface area contributed by atoms with E-state index >= 15 is 0 Å². The van der Waals surface area contributed by atoms with Crippen LogP contribution in [0.15, 0.2) is 48.5 Å². The quantitative estimate of drug-likeness (QED) is 0.235. The first-order chi connectivity index (χ1) is 18.5. The molecule has 4 rings (SSSR count). The fraction of sp³-hybridized carbons (Fsp3) is 0.308. The van der Waals surface area contributed by atoms with E-state index in [1.807, 2.05) is 12.1 Å². The zero-order valence-corrected chi connectivity index (χ0v) is 23.2. The van der Waals surface area contributed by atoms with Crippen LogP contribution in [0.25, 0.3) is 10.4 Å². The van der Waals surface area contributed by atoms with E-state index in [1.54, 1.807) is 36.4 Å². The van der Waals surface area contributed by atoms with Gasteiger partial charge >= 0.3 is 11.9 Å². The van der Waals surface area contributed by atoms with E-state index in [0.29, 0.717) is 54.2 Å². The Morgan fingerprint density at radius 1 is 1.13 bits per heavy atom. The van der Waals surface area contributed by atoms with E-state index in [2.05, 4.69) is 5.32 Å². The van der Waals surface area contributed by atoms with Crippen LogP contribution in [0.3, 0.4) is 0 Å². The molecule has 0 aliphatic carbocycles. The van der Waals surface area contributed by atoms with Crippen LogP contribution in [0, 0.1) is 5.92 Å². The molecule has 3 aromatic rings. The summed E-state index contributed by atoms with van der Waals surface area (Å²) < 4.78 is 32.5. The minimum atomic E-state index is -3.47. The number of hydrogen-bond acceptors (Lipinski definition) is 8. The van der Waals surface area contributed by atoms with Crippen molar-refractivity contribution in [3.05, 3.63) is 64.0 Å². The number of carboxylic acid groups (broad SMARTS) is 2. The van der Waals surface area contributed by atoms with Crippen LogP contribution in [0.2, 0.25) is 5.02 Å². The summed E-state index contributed by atoms with van der Waals surface area (Å²) in [5.74, 6) is -2.52. The Morgan fingerprint density at radius 2 is 1.85 bits per heavy atom. The molecule has 0 saturated carbocycles. The molecule has 1 aromatic heterocycles. The van der Waals surface area contributed by atoms with Gasteiger partial charge in [0.05, 0.1) is 10.6 Å². The third kappa shape index (κ3) is 7.01. The summed E-state index contributed by atoms with van der Waals surface area (Å²) in [6, 6.07) is 14.3. The lowest BCUT2D eigenvalue weighted by Crippen LogP contribution is -2.40. The van der Waals surface area contributed by atoms with E-state index < -0.39 is 28.6 Å². The summed E-state index contributed by atoms with van der Waals surface area (Å²) in [5.41, 5.74) is 8.44. The molecule has 208 valence electrons.